The third-order valence-corrected chi connectivity index (χ3v) is 6.41. The van der Waals surface area contributed by atoms with Crippen molar-refractivity contribution < 1.29 is 14.0 Å². The lowest BCUT2D eigenvalue weighted by Gasteiger charge is -2.21. The Morgan fingerprint density at radius 3 is 2.50 bits per heavy atom. The highest BCUT2D eigenvalue weighted by molar-refractivity contribution is 8.16. The Bertz CT molecular complexity index is 918. The predicted octanol–water partition coefficient (Wildman–Crippen LogP) is 4.38. The van der Waals surface area contributed by atoms with Crippen LogP contribution in [0.4, 0.5) is 4.39 Å². The lowest BCUT2D eigenvalue weighted by atomic mass is 10.0. The van der Waals surface area contributed by atoms with Crippen LogP contribution >= 0.6 is 11.8 Å². The maximum atomic E-state index is 13.0. The number of amides is 2. The summed E-state index contributed by atoms with van der Waals surface area (Å²) in [6.45, 7) is 8.91. The van der Waals surface area contributed by atoms with Gasteiger partial charge in [-0.2, -0.15) is 0 Å². The van der Waals surface area contributed by atoms with Gasteiger partial charge in [0.25, 0.3) is 0 Å². The lowest BCUT2D eigenvalue weighted by Crippen LogP contribution is -2.35. The Balaban J connectivity index is 0.000000374. The average molecular weight is 487 g/mol. The molecule has 2 aliphatic rings. The summed E-state index contributed by atoms with van der Waals surface area (Å²) in [5.41, 5.74) is 5.82. The molecule has 0 bridgehead atoms. The maximum Gasteiger partial charge on any atom is 0.246 e. The van der Waals surface area contributed by atoms with Gasteiger partial charge in [0.15, 0.2) is 5.17 Å². The molecular formula is C26H35FN4O2S. The van der Waals surface area contributed by atoms with Crippen LogP contribution in [0.15, 0.2) is 54.1 Å². The number of nitrogens with zero attached hydrogens (tertiary/aromatic N) is 1. The second kappa shape index (κ2) is 13.7. The zero-order valence-corrected chi connectivity index (χ0v) is 21.0. The minimum Gasteiger partial charge on any atom is -0.353 e. The number of rotatable bonds is 6. The van der Waals surface area contributed by atoms with E-state index in [0.717, 1.165) is 12.8 Å². The van der Waals surface area contributed by atoms with E-state index in [9.17, 15) is 14.0 Å². The molecule has 1 heterocycles. The number of benzene rings is 1. The standard InChI is InChI=1S/C15H18FN3OS.C9H15NO.C2H2/c1-4-9-14(2)12(20)18-13(21-14)19-15(3,17)10-5-7-11(16)8-6-10;1-2-5-9(11)10-8-6-3-4-7-8;1-2/h4-9H,17H2,1-3H3,(H,18,19,20);2,8H,1,3-7H2,(H,10,11);1-2H/b9-4+;;/t14?,15-;;/m0../s1. The van der Waals surface area contributed by atoms with Gasteiger partial charge in [0.05, 0.1) is 0 Å². The largest absolute Gasteiger partial charge is 0.353 e. The number of nitrogens with two attached hydrogens (primary N) is 1. The van der Waals surface area contributed by atoms with Gasteiger partial charge >= 0.3 is 0 Å². The van der Waals surface area contributed by atoms with Gasteiger partial charge < -0.3 is 16.4 Å². The van der Waals surface area contributed by atoms with E-state index in [1.165, 1.54) is 36.7 Å². The number of amidine groups is 1. The Morgan fingerprint density at radius 1 is 1.38 bits per heavy atom. The maximum absolute atomic E-state index is 13.0. The summed E-state index contributed by atoms with van der Waals surface area (Å²) in [6, 6.07) is 6.30. The summed E-state index contributed by atoms with van der Waals surface area (Å²) in [5, 5.41) is 6.17. The van der Waals surface area contributed by atoms with Crippen molar-refractivity contribution in [3.63, 3.8) is 0 Å². The first-order valence-electron chi connectivity index (χ1n) is 11.1. The molecule has 0 spiro atoms. The van der Waals surface area contributed by atoms with Crippen LogP contribution in [0, 0.1) is 18.7 Å². The first-order chi connectivity index (χ1) is 16.1. The van der Waals surface area contributed by atoms with E-state index in [1.54, 1.807) is 25.1 Å². The Kier molecular flexibility index (Phi) is 11.8. The number of nitrogens with one attached hydrogen (secondary N) is 2. The van der Waals surface area contributed by atoms with Gasteiger partial charge in [0, 0.05) is 12.5 Å². The van der Waals surface area contributed by atoms with Gasteiger partial charge in [-0.15, -0.1) is 19.4 Å². The number of carbonyl (C=O) groups is 2. The van der Waals surface area contributed by atoms with Crippen molar-refractivity contribution in [2.24, 2.45) is 10.7 Å². The number of terminal acetylenes is 1. The van der Waals surface area contributed by atoms with Crippen molar-refractivity contribution in [3.8, 4) is 12.8 Å². The number of thioether (sulfide) groups is 1. The smallest absolute Gasteiger partial charge is 0.246 e. The summed E-state index contributed by atoms with van der Waals surface area (Å²) in [7, 11) is 0. The number of aliphatic imine (C=N–C) groups is 1. The predicted molar refractivity (Wildman–Crippen MR) is 139 cm³/mol. The summed E-state index contributed by atoms with van der Waals surface area (Å²) in [6.07, 6.45) is 18.6. The molecular weight excluding hydrogens is 451 g/mol. The average Bonchev–Trinajstić information content (AvgIpc) is 3.38. The van der Waals surface area contributed by atoms with E-state index < -0.39 is 10.4 Å². The molecule has 1 aliphatic heterocycles. The zero-order chi connectivity index (χ0) is 25.8. The first-order valence-corrected chi connectivity index (χ1v) is 11.9. The molecule has 1 saturated carbocycles. The number of hydrogen-bond donors (Lipinski definition) is 3. The van der Waals surface area contributed by atoms with E-state index >= 15 is 0 Å². The normalized spacial score (nSPS) is 22.7. The van der Waals surface area contributed by atoms with Gasteiger partial charge in [-0.05, 0) is 51.3 Å². The number of halogens is 1. The molecule has 1 aromatic rings. The molecule has 1 unspecified atom stereocenters. The number of carbonyl (C=O) groups excluding carboxylic acids is 2. The van der Waals surface area contributed by atoms with E-state index in [1.807, 2.05) is 26.0 Å². The van der Waals surface area contributed by atoms with Crippen molar-refractivity contribution in [1.82, 2.24) is 10.6 Å². The highest BCUT2D eigenvalue weighted by atomic mass is 32.2. The van der Waals surface area contributed by atoms with Crippen LogP contribution in [0.2, 0.25) is 0 Å². The minimum atomic E-state index is -1.04. The van der Waals surface area contributed by atoms with Crippen LogP contribution in [0.5, 0.6) is 0 Å². The Morgan fingerprint density at radius 2 is 1.97 bits per heavy atom. The van der Waals surface area contributed by atoms with Crippen LogP contribution in [-0.2, 0) is 15.3 Å². The van der Waals surface area contributed by atoms with Gasteiger partial charge in [-0.1, -0.05) is 55.0 Å². The SMILES string of the molecule is C#C.C/C=C/C1(C)S/C(=N/[C@](C)(N)c2ccc(F)cc2)NC1=O.C=CCC(=O)NC1CCCC1. The van der Waals surface area contributed by atoms with Crippen molar-refractivity contribution in [2.75, 3.05) is 0 Å². The van der Waals surface area contributed by atoms with Gasteiger partial charge in [0.1, 0.15) is 16.2 Å². The molecule has 8 heteroatoms. The van der Waals surface area contributed by atoms with Crippen molar-refractivity contribution in [2.45, 2.75) is 69.3 Å². The third kappa shape index (κ3) is 8.81. The highest BCUT2D eigenvalue weighted by Gasteiger charge is 2.41. The number of allylic oxidation sites excluding steroid dienone is 1. The molecule has 34 heavy (non-hydrogen) atoms. The second-order valence-corrected chi connectivity index (χ2v) is 9.72. The quantitative estimate of drug-likeness (QED) is 0.411. The van der Waals surface area contributed by atoms with Crippen molar-refractivity contribution in [3.05, 3.63) is 60.5 Å². The second-order valence-electron chi connectivity index (χ2n) is 8.28. The molecule has 1 aliphatic carbocycles. The van der Waals surface area contributed by atoms with Gasteiger partial charge in [0.2, 0.25) is 11.8 Å². The van der Waals surface area contributed by atoms with E-state index in [-0.39, 0.29) is 17.6 Å². The van der Waals surface area contributed by atoms with Crippen molar-refractivity contribution >= 4 is 28.7 Å². The fourth-order valence-electron chi connectivity index (χ4n) is 3.52. The first kappa shape index (κ1) is 29.1. The fourth-order valence-corrected chi connectivity index (χ4v) is 4.65. The number of hydrogen-bond acceptors (Lipinski definition) is 5. The Hall–Kier alpha value is -2.89. The summed E-state index contributed by atoms with van der Waals surface area (Å²) in [5.74, 6) is -0.336. The highest BCUT2D eigenvalue weighted by Crippen LogP contribution is 2.34. The molecule has 1 aromatic carbocycles. The van der Waals surface area contributed by atoms with Crippen molar-refractivity contribution in [1.29, 1.82) is 0 Å². The van der Waals surface area contributed by atoms with Crippen LogP contribution in [0.25, 0.3) is 0 Å². The molecule has 2 atom stereocenters. The zero-order valence-electron chi connectivity index (χ0n) is 20.1. The van der Waals surface area contributed by atoms with E-state index in [0.29, 0.717) is 23.2 Å². The van der Waals surface area contributed by atoms with Crippen LogP contribution in [0.1, 0.15) is 58.4 Å². The lowest BCUT2D eigenvalue weighted by molar-refractivity contribution is -0.121. The van der Waals surface area contributed by atoms with Crippen LogP contribution in [-0.4, -0.2) is 27.8 Å². The summed E-state index contributed by atoms with van der Waals surface area (Å²) in [4.78, 5) is 27.4. The summed E-state index contributed by atoms with van der Waals surface area (Å²) < 4.78 is 12.3. The third-order valence-electron chi connectivity index (χ3n) is 5.28. The Labute approximate surface area is 206 Å². The molecule has 2 amide bonds. The molecule has 1 saturated heterocycles. The molecule has 184 valence electrons. The van der Waals surface area contributed by atoms with E-state index in [4.69, 9.17) is 5.73 Å². The van der Waals surface area contributed by atoms with Crippen LogP contribution in [0.3, 0.4) is 0 Å². The molecule has 3 rings (SSSR count). The van der Waals surface area contributed by atoms with Gasteiger partial charge in [-0.25, -0.2) is 9.38 Å². The topological polar surface area (TPSA) is 96.6 Å². The molecule has 2 fully saturated rings. The molecule has 4 N–H and O–H groups in total. The van der Waals surface area contributed by atoms with Gasteiger partial charge in [-0.3, -0.25) is 9.59 Å². The molecule has 0 aromatic heterocycles. The summed E-state index contributed by atoms with van der Waals surface area (Å²) >= 11 is 1.32. The molecule has 6 nitrogen and oxygen atoms in total. The van der Waals surface area contributed by atoms with Crippen LogP contribution < -0.4 is 16.4 Å². The van der Waals surface area contributed by atoms with E-state index in [2.05, 4.69) is 35.1 Å². The minimum absolute atomic E-state index is 0.118. The fraction of sp³-hybridized carbons (Fsp3) is 0.423. The molecule has 0 radical (unpaired) electrons. The monoisotopic (exact) mass is 486 g/mol.